The normalized spacial score (nSPS) is 17.0. The van der Waals surface area contributed by atoms with E-state index in [1.54, 1.807) is 7.11 Å². The number of rotatable bonds is 6. The SMILES string of the molecule is COC(C)(C)CNCCN1CCNC1=O. The molecule has 0 aromatic carbocycles. The van der Waals surface area contributed by atoms with Crippen LogP contribution < -0.4 is 10.6 Å². The molecule has 1 rings (SSSR count). The highest BCUT2D eigenvalue weighted by atomic mass is 16.5. The molecule has 0 radical (unpaired) electrons. The number of hydrogen-bond acceptors (Lipinski definition) is 3. The van der Waals surface area contributed by atoms with Crippen LogP contribution in [0.5, 0.6) is 0 Å². The van der Waals surface area contributed by atoms with Gasteiger partial charge in [-0.3, -0.25) is 0 Å². The van der Waals surface area contributed by atoms with E-state index in [1.165, 1.54) is 0 Å². The molecule has 1 aliphatic rings. The highest BCUT2D eigenvalue weighted by Crippen LogP contribution is 2.04. The molecule has 0 aromatic heterocycles. The van der Waals surface area contributed by atoms with Crippen LogP contribution in [-0.2, 0) is 4.74 Å². The van der Waals surface area contributed by atoms with Gasteiger partial charge in [0.05, 0.1) is 5.60 Å². The van der Waals surface area contributed by atoms with Crippen LogP contribution in [-0.4, -0.2) is 56.4 Å². The zero-order valence-corrected chi connectivity index (χ0v) is 9.80. The van der Waals surface area contributed by atoms with Crippen molar-refractivity contribution < 1.29 is 9.53 Å². The smallest absolute Gasteiger partial charge is 0.317 e. The summed E-state index contributed by atoms with van der Waals surface area (Å²) in [6, 6.07) is 0.0443. The molecule has 5 heteroatoms. The molecule has 0 saturated carbocycles. The third-order valence-electron chi connectivity index (χ3n) is 2.61. The minimum atomic E-state index is -0.146. The zero-order valence-electron chi connectivity index (χ0n) is 9.80. The Kier molecular flexibility index (Phi) is 4.35. The van der Waals surface area contributed by atoms with Gasteiger partial charge in [0, 0.05) is 39.8 Å². The van der Waals surface area contributed by atoms with Crippen LogP contribution in [0.2, 0.25) is 0 Å². The molecule has 15 heavy (non-hydrogen) atoms. The van der Waals surface area contributed by atoms with E-state index in [0.29, 0.717) is 0 Å². The Balaban J connectivity index is 2.09. The van der Waals surface area contributed by atoms with E-state index in [4.69, 9.17) is 4.74 Å². The van der Waals surface area contributed by atoms with Gasteiger partial charge in [0.1, 0.15) is 0 Å². The predicted octanol–water partition coefficient (Wildman–Crippen LogP) is 0.0262. The number of carbonyl (C=O) groups is 1. The number of nitrogens with one attached hydrogen (secondary N) is 2. The molecule has 1 heterocycles. The molecule has 1 saturated heterocycles. The minimum absolute atomic E-state index is 0.0443. The molecule has 1 aliphatic heterocycles. The average Bonchev–Trinajstić information content (AvgIpc) is 2.59. The van der Waals surface area contributed by atoms with E-state index >= 15 is 0 Å². The monoisotopic (exact) mass is 215 g/mol. The lowest BCUT2D eigenvalue weighted by molar-refractivity contribution is 0.0232. The summed E-state index contributed by atoms with van der Waals surface area (Å²) in [7, 11) is 1.70. The van der Waals surface area contributed by atoms with Gasteiger partial charge < -0.3 is 20.3 Å². The molecule has 0 atom stereocenters. The first-order valence-electron chi connectivity index (χ1n) is 5.34. The maximum Gasteiger partial charge on any atom is 0.317 e. The van der Waals surface area contributed by atoms with Crippen molar-refractivity contribution in [3.63, 3.8) is 0 Å². The summed E-state index contributed by atoms with van der Waals surface area (Å²) in [6.07, 6.45) is 0. The summed E-state index contributed by atoms with van der Waals surface area (Å²) in [6.45, 7) is 7.99. The molecule has 0 bridgehead atoms. The van der Waals surface area contributed by atoms with Crippen molar-refractivity contribution in [3.05, 3.63) is 0 Å². The van der Waals surface area contributed by atoms with Crippen molar-refractivity contribution in [2.75, 3.05) is 39.8 Å². The first-order valence-corrected chi connectivity index (χ1v) is 5.34. The molecular weight excluding hydrogens is 194 g/mol. The molecule has 2 amide bonds. The van der Waals surface area contributed by atoms with Crippen molar-refractivity contribution in [2.24, 2.45) is 0 Å². The van der Waals surface area contributed by atoms with E-state index in [2.05, 4.69) is 10.6 Å². The fourth-order valence-electron chi connectivity index (χ4n) is 1.40. The topological polar surface area (TPSA) is 53.6 Å². The molecule has 0 unspecified atom stereocenters. The first kappa shape index (κ1) is 12.3. The van der Waals surface area contributed by atoms with Gasteiger partial charge in [-0.2, -0.15) is 0 Å². The number of carbonyl (C=O) groups excluding carboxylic acids is 1. The van der Waals surface area contributed by atoms with Crippen LogP contribution >= 0.6 is 0 Å². The van der Waals surface area contributed by atoms with Crippen LogP contribution in [0.1, 0.15) is 13.8 Å². The Labute approximate surface area is 91.2 Å². The average molecular weight is 215 g/mol. The fourth-order valence-corrected chi connectivity index (χ4v) is 1.40. The summed E-state index contributed by atoms with van der Waals surface area (Å²) < 4.78 is 5.28. The van der Waals surface area contributed by atoms with Gasteiger partial charge in [-0.1, -0.05) is 0 Å². The number of amides is 2. The third-order valence-corrected chi connectivity index (χ3v) is 2.61. The van der Waals surface area contributed by atoms with Crippen molar-refractivity contribution >= 4 is 6.03 Å². The second-order valence-corrected chi connectivity index (χ2v) is 4.36. The van der Waals surface area contributed by atoms with E-state index in [9.17, 15) is 4.79 Å². The van der Waals surface area contributed by atoms with Gasteiger partial charge >= 0.3 is 6.03 Å². The number of hydrogen-bond donors (Lipinski definition) is 2. The second kappa shape index (κ2) is 5.32. The molecule has 0 aliphatic carbocycles. The lowest BCUT2D eigenvalue weighted by Gasteiger charge is -2.24. The largest absolute Gasteiger partial charge is 0.377 e. The van der Waals surface area contributed by atoms with Gasteiger partial charge in [-0.25, -0.2) is 4.79 Å². The first-order chi connectivity index (χ1) is 7.05. The number of ether oxygens (including phenoxy) is 1. The van der Waals surface area contributed by atoms with Crippen molar-refractivity contribution in [3.8, 4) is 0 Å². The summed E-state index contributed by atoms with van der Waals surface area (Å²) >= 11 is 0. The van der Waals surface area contributed by atoms with Gasteiger partial charge in [0.15, 0.2) is 0 Å². The zero-order chi connectivity index (χ0) is 11.3. The number of nitrogens with zero attached hydrogens (tertiary/aromatic N) is 1. The van der Waals surface area contributed by atoms with Gasteiger partial charge in [-0.05, 0) is 13.8 Å². The Morgan fingerprint density at radius 2 is 2.33 bits per heavy atom. The van der Waals surface area contributed by atoms with E-state index in [1.807, 2.05) is 18.7 Å². The Morgan fingerprint density at radius 3 is 2.87 bits per heavy atom. The van der Waals surface area contributed by atoms with Crippen LogP contribution in [0, 0.1) is 0 Å². The van der Waals surface area contributed by atoms with Crippen LogP contribution in [0.3, 0.4) is 0 Å². The van der Waals surface area contributed by atoms with Gasteiger partial charge in [0.25, 0.3) is 0 Å². The Morgan fingerprint density at radius 1 is 1.60 bits per heavy atom. The molecule has 2 N–H and O–H groups in total. The summed E-state index contributed by atoms with van der Waals surface area (Å²) in [5.74, 6) is 0. The number of methoxy groups -OCH3 is 1. The predicted molar refractivity (Wildman–Crippen MR) is 58.9 cm³/mol. The molecule has 88 valence electrons. The van der Waals surface area contributed by atoms with E-state index in [0.717, 1.165) is 32.7 Å². The van der Waals surface area contributed by atoms with Crippen LogP contribution in [0.25, 0.3) is 0 Å². The molecule has 1 fully saturated rings. The maximum absolute atomic E-state index is 11.2. The fraction of sp³-hybridized carbons (Fsp3) is 0.900. The molecular formula is C10H21N3O2. The maximum atomic E-state index is 11.2. The van der Waals surface area contributed by atoms with Crippen molar-refractivity contribution in [2.45, 2.75) is 19.4 Å². The lowest BCUT2D eigenvalue weighted by Crippen LogP contribution is -2.41. The lowest BCUT2D eigenvalue weighted by atomic mass is 10.1. The summed E-state index contributed by atoms with van der Waals surface area (Å²) in [5, 5.41) is 6.05. The second-order valence-electron chi connectivity index (χ2n) is 4.36. The Hall–Kier alpha value is -0.810. The van der Waals surface area contributed by atoms with Gasteiger partial charge in [-0.15, -0.1) is 0 Å². The van der Waals surface area contributed by atoms with Crippen LogP contribution in [0.4, 0.5) is 4.79 Å². The highest BCUT2D eigenvalue weighted by molar-refractivity contribution is 5.76. The van der Waals surface area contributed by atoms with Crippen LogP contribution in [0.15, 0.2) is 0 Å². The molecule has 5 nitrogen and oxygen atoms in total. The third kappa shape index (κ3) is 4.05. The van der Waals surface area contributed by atoms with Gasteiger partial charge in [0.2, 0.25) is 0 Å². The minimum Gasteiger partial charge on any atom is -0.377 e. The summed E-state index contributed by atoms with van der Waals surface area (Å²) in [4.78, 5) is 13.0. The molecule has 0 spiro atoms. The van der Waals surface area contributed by atoms with Crippen molar-refractivity contribution in [1.29, 1.82) is 0 Å². The number of urea groups is 1. The van der Waals surface area contributed by atoms with E-state index in [-0.39, 0.29) is 11.6 Å². The standard InChI is InChI=1S/C10H21N3O2/c1-10(2,15-3)8-11-4-6-13-7-5-12-9(13)14/h11H,4-8H2,1-3H3,(H,12,14). The molecule has 0 aromatic rings. The summed E-state index contributed by atoms with van der Waals surface area (Å²) in [5.41, 5.74) is -0.146. The quantitative estimate of drug-likeness (QED) is 0.614. The van der Waals surface area contributed by atoms with Crippen molar-refractivity contribution in [1.82, 2.24) is 15.5 Å². The highest BCUT2D eigenvalue weighted by Gasteiger charge is 2.19. The van der Waals surface area contributed by atoms with E-state index < -0.39 is 0 Å². The Bertz CT molecular complexity index is 219.